The number of fused-ring (bicyclic) bond motifs is 3. The van der Waals surface area contributed by atoms with Gasteiger partial charge in [0.25, 0.3) is 16.6 Å². The van der Waals surface area contributed by atoms with E-state index in [2.05, 4.69) is 67.7 Å². The van der Waals surface area contributed by atoms with Gasteiger partial charge < -0.3 is 56.2 Å². The van der Waals surface area contributed by atoms with Crippen LogP contribution in [0.15, 0.2) is 176 Å². The summed E-state index contributed by atoms with van der Waals surface area (Å²) < 4.78 is 80.9. The van der Waals surface area contributed by atoms with Crippen molar-refractivity contribution in [3.63, 3.8) is 0 Å². The molecule has 14 nitrogen and oxygen atoms in total. The van der Waals surface area contributed by atoms with Gasteiger partial charge in [-0.25, -0.2) is 9.59 Å². The zero-order valence-corrected chi connectivity index (χ0v) is 50.1. The van der Waals surface area contributed by atoms with E-state index in [1.165, 1.54) is 7.11 Å². The molecule has 0 saturated carbocycles. The van der Waals surface area contributed by atoms with Crippen molar-refractivity contribution in [2.24, 2.45) is 0 Å². The minimum atomic E-state index is -2.64. The Morgan fingerprint density at radius 1 is 0.500 bits per heavy atom. The summed E-state index contributed by atoms with van der Waals surface area (Å²) in [7, 11) is -3.86. The second-order valence-corrected chi connectivity index (χ2v) is 33.6. The minimum absolute atomic E-state index is 0.0231. The van der Waals surface area contributed by atoms with Gasteiger partial charge in [-0.2, -0.15) is 0 Å². The van der Waals surface area contributed by atoms with Crippen LogP contribution in [0.4, 0.5) is 0 Å². The van der Waals surface area contributed by atoms with Crippen LogP contribution in [0.3, 0.4) is 0 Å². The zero-order chi connectivity index (χ0) is 57.8. The third-order valence-corrected chi connectivity index (χ3v) is 25.2. The van der Waals surface area contributed by atoms with Crippen LogP contribution in [-0.4, -0.2) is 73.0 Å². The summed E-state index contributed by atoms with van der Waals surface area (Å²) >= 11 is 0. The molecule has 4 aliphatic rings. The Kier molecular flexibility index (Phi) is 14.9. The minimum Gasteiger partial charge on any atom is -0.541 e. The van der Waals surface area contributed by atoms with Crippen LogP contribution >= 0.6 is 0 Å². The Bertz CT molecular complexity index is 3340. The fourth-order valence-corrected chi connectivity index (χ4v) is 12.0. The Hall–Kier alpha value is -7.45. The van der Waals surface area contributed by atoms with Crippen molar-refractivity contribution in [2.45, 2.75) is 126 Å². The van der Waals surface area contributed by atoms with Gasteiger partial charge in [-0.15, -0.1) is 0 Å². The maximum Gasteiger partial charge on any atom is 0.339 e. The van der Waals surface area contributed by atoms with Crippen molar-refractivity contribution >= 4 is 28.6 Å². The van der Waals surface area contributed by atoms with Crippen molar-refractivity contribution in [1.82, 2.24) is 0 Å². The van der Waals surface area contributed by atoms with E-state index in [4.69, 9.17) is 56.2 Å². The molecule has 6 atom stereocenters. The van der Waals surface area contributed by atoms with Gasteiger partial charge in [0, 0.05) is 34.9 Å². The zero-order valence-electron chi connectivity index (χ0n) is 48.1. The third kappa shape index (κ3) is 10.6. The van der Waals surface area contributed by atoms with E-state index in [-0.39, 0.29) is 39.3 Å². The number of benzene rings is 7. The number of methoxy groups -OCH3 is 1. The van der Waals surface area contributed by atoms with Crippen molar-refractivity contribution < 1.29 is 65.8 Å². The lowest BCUT2D eigenvalue weighted by atomic mass is 9.97. The molecular weight excluding hydrogens is 1070 g/mol. The predicted octanol–water partition coefficient (Wildman–Crippen LogP) is 14.0. The topological polar surface area (TPSA) is 145 Å². The maximum absolute atomic E-state index is 15.4. The van der Waals surface area contributed by atoms with E-state index in [0.29, 0.717) is 28.6 Å². The molecule has 0 N–H and O–H groups in total. The molecule has 0 bridgehead atoms. The summed E-state index contributed by atoms with van der Waals surface area (Å²) in [6, 6.07) is 54.3. The molecule has 4 aliphatic heterocycles. The summed E-state index contributed by atoms with van der Waals surface area (Å²) in [6.45, 7) is 21.3. The second-order valence-electron chi connectivity index (χ2n) is 24.1. The van der Waals surface area contributed by atoms with Crippen LogP contribution in [0.1, 0.15) is 96.4 Å². The molecule has 11 rings (SSSR count). The van der Waals surface area contributed by atoms with Crippen LogP contribution in [0.5, 0.6) is 34.5 Å². The largest absolute Gasteiger partial charge is 0.541 e. The monoisotopic (exact) mass is 1140 g/mol. The standard InChI is InChI=1S/C66H70O14Si2/c1-63(2,3)81(8,9)79-51-39-43(37-49-54(51)77-65(75-49,45-29-19-13-20-30-45)46-31-21-14-22-32-46)59(67)72-57-56-53(41-70-61(74-56)42-27-17-12-18-28-42)71-62(69-7)58(57)73-60(68)44-38-50-55(52(40-44)80-82(10,11)64(4,5)6)78-66(76-50,47-33-23-15-24-34-47)48-35-25-16-26-36-48/h12-40,53,56-58,61-62H,41H2,1-11H3/t53-,56-,57+,58-,61-,62+/m1/s1. The molecule has 7 aromatic rings. The Labute approximate surface area is 481 Å². The van der Waals surface area contributed by atoms with Crippen LogP contribution in [-0.2, 0) is 40.0 Å². The molecule has 0 aromatic heterocycles. The average molecular weight is 1140 g/mol. The van der Waals surface area contributed by atoms with Gasteiger partial charge in [0.2, 0.25) is 11.5 Å². The van der Waals surface area contributed by atoms with Gasteiger partial charge >= 0.3 is 23.5 Å². The van der Waals surface area contributed by atoms with E-state index in [1.54, 1.807) is 24.3 Å². The van der Waals surface area contributed by atoms with Gasteiger partial charge in [-0.05, 0) is 60.5 Å². The van der Waals surface area contributed by atoms with Gasteiger partial charge in [0.15, 0.2) is 47.8 Å². The molecule has 4 heterocycles. The number of esters is 2. The van der Waals surface area contributed by atoms with Gasteiger partial charge in [0.1, 0.15) is 12.2 Å². The lowest BCUT2D eigenvalue weighted by molar-refractivity contribution is -0.356. The van der Waals surface area contributed by atoms with Crippen LogP contribution < -0.4 is 27.8 Å². The fraction of sp³-hybridized carbons (Fsp3) is 0.333. The van der Waals surface area contributed by atoms with E-state index in [0.717, 1.165) is 22.3 Å². The molecule has 0 amide bonds. The average Bonchev–Trinajstić information content (AvgIpc) is 3.17. The number of carbonyl (C=O) groups is 2. The molecule has 7 aromatic carbocycles. The highest BCUT2D eigenvalue weighted by atomic mass is 28.4. The summed E-state index contributed by atoms with van der Waals surface area (Å²) in [5.74, 6) is -2.75. The van der Waals surface area contributed by atoms with Crippen LogP contribution in [0.25, 0.3) is 0 Å². The van der Waals surface area contributed by atoms with Crippen molar-refractivity contribution in [1.29, 1.82) is 0 Å². The van der Waals surface area contributed by atoms with Gasteiger partial charge in [0.05, 0.1) is 17.7 Å². The lowest BCUT2D eigenvalue weighted by Crippen LogP contribution is -2.64. The van der Waals surface area contributed by atoms with Crippen molar-refractivity contribution in [3.05, 3.63) is 215 Å². The van der Waals surface area contributed by atoms with E-state index in [1.807, 2.05) is 152 Å². The first-order chi connectivity index (χ1) is 39.1. The molecule has 16 heteroatoms. The van der Waals surface area contributed by atoms with E-state index < -0.39 is 77.1 Å². The molecule has 0 spiro atoms. The molecule has 0 unspecified atom stereocenters. The fourth-order valence-electron chi connectivity index (χ4n) is 9.98. The molecule has 0 aliphatic carbocycles. The SMILES string of the molecule is CO[C@H]1O[C@@H]2CO[C@@H](c3ccccc3)O[C@H]2[C@H](OC(=O)c2cc3c(c(O[Si](C)(C)C(C)(C)C)c2)OC(c2ccccc2)(c2ccccc2)O3)[C@H]1OC(=O)c1cc2c(c(O[Si](C)(C)C(C)(C)C)c1)OC(c1ccccc1)(c1ccccc1)O2. The molecule has 426 valence electrons. The number of hydrogen-bond donors (Lipinski definition) is 0. The smallest absolute Gasteiger partial charge is 0.339 e. The van der Waals surface area contributed by atoms with Gasteiger partial charge in [-0.3, -0.25) is 0 Å². The third-order valence-electron chi connectivity index (χ3n) is 16.5. The van der Waals surface area contributed by atoms with Crippen molar-refractivity contribution in [3.8, 4) is 34.5 Å². The normalized spacial score (nSPS) is 21.6. The maximum atomic E-state index is 15.4. The molecular formula is C66H70O14Si2. The summed E-state index contributed by atoms with van der Waals surface area (Å²) in [6.07, 6.45) is -6.88. The first-order valence-electron chi connectivity index (χ1n) is 27.7. The van der Waals surface area contributed by atoms with E-state index in [9.17, 15) is 0 Å². The van der Waals surface area contributed by atoms with Crippen molar-refractivity contribution in [2.75, 3.05) is 13.7 Å². The van der Waals surface area contributed by atoms with Crippen LogP contribution in [0.2, 0.25) is 36.3 Å². The Morgan fingerprint density at radius 3 is 1.26 bits per heavy atom. The number of rotatable bonds is 14. The summed E-state index contributed by atoms with van der Waals surface area (Å²) in [4.78, 5) is 30.7. The summed E-state index contributed by atoms with van der Waals surface area (Å²) in [5.41, 5.74) is 3.74. The second kappa shape index (κ2) is 21.7. The Morgan fingerprint density at radius 2 is 0.878 bits per heavy atom. The van der Waals surface area contributed by atoms with Gasteiger partial charge in [-0.1, -0.05) is 193 Å². The molecule has 2 fully saturated rings. The quantitative estimate of drug-likeness (QED) is 0.0752. The number of hydrogen-bond acceptors (Lipinski definition) is 14. The summed E-state index contributed by atoms with van der Waals surface area (Å²) in [5, 5.41) is -0.512. The number of carbonyl (C=O) groups excluding carboxylic acids is 2. The molecule has 2 saturated heterocycles. The highest BCUT2D eigenvalue weighted by Crippen LogP contribution is 2.56. The van der Waals surface area contributed by atoms with E-state index >= 15 is 9.59 Å². The lowest BCUT2D eigenvalue weighted by Gasteiger charge is -2.47. The number of ether oxygens (including phenoxy) is 10. The molecule has 0 radical (unpaired) electrons. The molecule has 82 heavy (non-hydrogen) atoms. The highest BCUT2D eigenvalue weighted by molar-refractivity contribution is 6.75. The first-order valence-corrected chi connectivity index (χ1v) is 33.6. The Balaban J connectivity index is 0.995. The predicted molar refractivity (Wildman–Crippen MR) is 312 cm³/mol. The first kappa shape index (κ1) is 56.4. The van der Waals surface area contributed by atoms with Crippen LogP contribution in [0, 0.1) is 0 Å². The highest BCUT2D eigenvalue weighted by Gasteiger charge is 2.56.